The van der Waals surface area contributed by atoms with Gasteiger partial charge in [0.25, 0.3) is 0 Å². The Morgan fingerprint density at radius 3 is 2.53 bits per heavy atom. The lowest BCUT2D eigenvalue weighted by Crippen LogP contribution is -1.90. The number of hydrogen-bond acceptors (Lipinski definition) is 0. The third-order valence-electron chi connectivity index (χ3n) is 2.68. The summed E-state index contributed by atoms with van der Waals surface area (Å²) < 4.78 is 0. The first-order valence-electron chi connectivity index (χ1n) is 5.50. The molecule has 0 amide bonds. The van der Waals surface area contributed by atoms with E-state index in [4.69, 9.17) is 0 Å². The molecule has 0 saturated heterocycles. The normalized spacial score (nSPS) is 16.3. The first-order chi connectivity index (χ1) is 7.42. The first kappa shape index (κ1) is 9.97. The fourth-order valence-electron chi connectivity index (χ4n) is 1.93. The fraction of sp³-hybridized carbons (Fsp3) is 0.200. The zero-order valence-corrected chi connectivity index (χ0v) is 9.11. The van der Waals surface area contributed by atoms with Gasteiger partial charge in [0.2, 0.25) is 0 Å². The fourth-order valence-corrected chi connectivity index (χ4v) is 1.93. The van der Waals surface area contributed by atoms with Crippen molar-refractivity contribution < 1.29 is 0 Å². The van der Waals surface area contributed by atoms with Crippen LogP contribution < -0.4 is 0 Å². The van der Waals surface area contributed by atoms with Gasteiger partial charge >= 0.3 is 0 Å². The molecule has 76 valence electrons. The molecular formula is C15H16. The number of hydrogen-bond donors (Lipinski definition) is 0. The lowest BCUT2D eigenvalue weighted by molar-refractivity contribution is 1.03. The molecule has 0 aliphatic heterocycles. The van der Waals surface area contributed by atoms with Gasteiger partial charge in [-0.25, -0.2) is 0 Å². The Morgan fingerprint density at radius 1 is 1.13 bits per heavy atom. The second kappa shape index (κ2) is 4.79. The van der Waals surface area contributed by atoms with Crippen molar-refractivity contribution in [2.45, 2.75) is 19.8 Å². The van der Waals surface area contributed by atoms with Crippen LogP contribution in [0, 0.1) is 0 Å². The molecule has 0 atom stereocenters. The van der Waals surface area contributed by atoms with Crippen molar-refractivity contribution in [3.63, 3.8) is 0 Å². The summed E-state index contributed by atoms with van der Waals surface area (Å²) in [5.41, 5.74) is 4.00. The standard InChI is InChI=1S/C15H16/c1-2-15(13-9-5-3-6-10-13)14-11-7-4-8-12-14/h2-3,5-7,9-12H,4,8H2,1H3/b15-2-. The molecule has 0 bridgehead atoms. The van der Waals surface area contributed by atoms with Gasteiger partial charge in [-0.2, -0.15) is 0 Å². The maximum absolute atomic E-state index is 2.32. The van der Waals surface area contributed by atoms with E-state index in [1.54, 1.807) is 0 Å². The highest BCUT2D eigenvalue weighted by Crippen LogP contribution is 2.26. The molecule has 0 aromatic heterocycles. The second-order valence-corrected chi connectivity index (χ2v) is 3.71. The molecule has 0 saturated carbocycles. The van der Waals surface area contributed by atoms with Crippen LogP contribution >= 0.6 is 0 Å². The highest BCUT2D eigenvalue weighted by Gasteiger charge is 2.05. The third-order valence-corrected chi connectivity index (χ3v) is 2.68. The summed E-state index contributed by atoms with van der Waals surface area (Å²) in [4.78, 5) is 0. The molecule has 15 heavy (non-hydrogen) atoms. The molecule has 0 spiro atoms. The van der Waals surface area contributed by atoms with E-state index in [1.165, 1.54) is 23.1 Å². The van der Waals surface area contributed by atoms with Gasteiger partial charge < -0.3 is 0 Å². The van der Waals surface area contributed by atoms with E-state index in [9.17, 15) is 0 Å². The summed E-state index contributed by atoms with van der Waals surface area (Å²) in [5, 5.41) is 0. The maximum atomic E-state index is 2.32. The van der Waals surface area contributed by atoms with Crippen LogP contribution in [0.1, 0.15) is 25.3 Å². The van der Waals surface area contributed by atoms with Crippen molar-refractivity contribution in [3.8, 4) is 0 Å². The summed E-state index contributed by atoms with van der Waals surface area (Å²) >= 11 is 0. The lowest BCUT2D eigenvalue weighted by atomic mass is 9.94. The first-order valence-corrected chi connectivity index (χ1v) is 5.50. The van der Waals surface area contributed by atoms with Gasteiger partial charge in [0, 0.05) is 0 Å². The largest absolute Gasteiger partial charge is 0.0836 e. The molecule has 0 N–H and O–H groups in total. The predicted molar refractivity (Wildman–Crippen MR) is 66.6 cm³/mol. The predicted octanol–water partition coefficient (Wildman–Crippen LogP) is 4.37. The van der Waals surface area contributed by atoms with E-state index in [0.717, 1.165) is 6.42 Å². The van der Waals surface area contributed by atoms with Gasteiger partial charge in [-0.15, -0.1) is 0 Å². The topological polar surface area (TPSA) is 0 Å². The number of allylic oxidation sites excluding steroid dienone is 6. The molecule has 2 rings (SSSR count). The van der Waals surface area contributed by atoms with Crippen molar-refractivity contribution >= 4 is 5.57 Å². The van der Waals surface area contributed by atoms with Crippen molar-refractivity contribution in [1.29, 1.82) is 0 Å². The number of benzene rings is 1. The van der Waals surface area contributed by atoms with Crippen LogP contribution in [0.2, 0.25) is 0 Å². The van der Waals surface area contributed by atoms with Crippen LogP contribution in [0.15, 0.2) is 60.2 Å². The Bertz CT molecular complexity index is 405. The zero-order chi connectivity index (χ0) is 10.5. The van der Waals surface area contributed by atoms with E-state index >= 15 is 0 Å². The average molecular weight is 196 g/mol. The van der Waals surface area contributed by atoms with Crippen molar-refractivity contribution in [1.82, 2.24) is 0 Å². The molecule has 1 aromatic rings. The highest BCUT2D eigenvalue weighted by atomic mass is 14.1. The van der Waals surface area contributed by atoms with Gasteiger partial charge in [0.15, 0.2) is 0 Å². The van der Waals surface area contributed by atoms with Crippen LogP contribution in [0.3, 0.4) is 0 Å². The molecule has 0 heteroatoms. The van der Waals surface area contributed by atoms with E-state index in [-0.39, 0.29) is 0 Å². The minimum absolute atomic E-state index is 1.16. The summed E-state index contributed by atoms with van der Waals surface area (Å²) in [6, 6.07) is 10.6. The SMILES string of the molecule is C/C=C(\C1=CCCC=C1)c1ccccc1. The smallest absolute Gasteiger partial charge is 0.0157 e. The average Bonchev–Trinajstić information content (AvgIpc) is 2.33. The molecule has 0 fully saturated rings. The van der Waals surface area contributed by atoms with E-state index in [1.807, 2.05) is 0 Å². The van der Waals surface area contributed by atoms with E-state index in [2.05, 4.69) is 61.6 Å². The van der Waals surface area contributed by atoms with Crippen LogP contribution in [0.4, 0.5) is 0 Å². The Balaban J connectivity index is 2.34. The third kappa shape index (κ3) is 2.27. The summed E-state index contributed by atoms with van der Waals surface area (Å²) in [6.07, 6.45) is 11.3. The Labute approximate surface area is 91.6 Å². The molecular weight excluding hydrogens is 180 g/mol. The monoisotopic (exact) mass is 196 g/mol. The van der Waals surface area contributed by atoms with Gasteiger partial charge in [-0.3, -0.25) is 0 Å². The van der Waals surface area contributed by atoms with E-state index in [0.29, 0.717) is 0 Å². The van der Waals surface area contributed by atoms with Gasteiger partial charge in [-0.1, -0.05) is 54.6 Å². The molecule has 0 heterocycles. The lowest BCUT2D eigenvalue weighted by Gasteiger charge is -2.11. The van der Waals surface area contributed by atoms with Gasteiger partial charge in [0.05, 0.1) is 0 Å². The maximum Gasteiger partial charge on any atom is -0.0157 e. The second-order valence-electron chi connectivity index (χ2n) is 3.71. The Kier molecular flexibility index (Phi) is 3.18. The summed E-state index contributed by atoms with van der Waals surface area (Å²) in [6.45, 7) is 2.10. The minimum atomic E-state index is 1.16. The van der Waals surface area contributed by atoms with Crippen LogP contribution in [0.5, 0.6) is 0 Å². The zero-order valence-electron chi connectivity index (χ0n) is 9.11. The highest BCUT2D eigenvalue weighted by molar-refractivity contribution is 5.81. The Morgan fingerprint density at radius 2 is 1.93 bits per heavy atom. The molecule has 1 aromatic carbocycles. The van der Waals surface area contributed by atoms with Crippen LogP contribution in [-0.2, 0) is 0 Å². The quantitative estimate of drug-likeness (QED) is 0.659. The molecule has 1 aliphatic rings. The number of rotatable bonds is 2. The molecule has 0 nitrogen and oxygen atoms in total. The van der Waals surface area contributed by atoms with Crippen LogP contribution in [0.25, 0.3) is 5.57 Å². The molecule has 0 unspecified atom stereocenters. The van der Waals surface area contributed by atoms with Gasteiger partial charge in [0.1, 0.15) is 0 Å². The van der Waals surface area contributed by atoms with Crippen LogP contribution in [-0.4, -0.2) is 0 Å². The molecule has 1 aliphatic carbocycles. The molecule has 0 radical (unpaired) electrons. The minimum Gasteiger partial charge on any atom is -0.0836 e. The van der Waals surface area contributed by atoms with E-state index < -0.39 is 0 Å². The van der Waals surface area contributed by atoms with Crippen molar-refractivity contribution in [2.24, 2.45) is 0 Å². The van der Waals surface area contributed by atoms with Crippen molar-refractivity contribution in [3.05, 3.63) is 65.8 Å². The summed E-state index contributed by atoms with van der Waals surface area (Å²) in [7, 11) is 0. The Hall–Kier alpha value is -1.56. The summed E-state index contributed by atoms with van der Waals surface area (Å²) in [5.74, 6) is 0. The van der Waals surface area contributed by atoms with Crippen molar-refractivity contribution in [2.75, 3.05) is 0 Å². The van der Waals surface area contributed by atoms with Gasteiger partial charge in [-0.05, 0) is 36.5 Å².